The molecule has 0 spiro atoms. The van der Waals surface area contributed by atoms with E-state index in [-0.39, 0.29) is 17.5 Å². The van der Waals surface area contributed by atoms with Gasteiger partial charge in [0.05, 0.1) is 0 Å². The molecule has 1 aromatic rings. The zero-order valence-corrected chi connectivity index (χ0v) is 13.2. The number of pyridine rings is 1. The molecule has 0 aliphatic rings. The number of allylic oxidation sites excluding steroid dienone is 1. The number of halogens is 3. The number of hydrogen-bond acceptors (Lipinski definition) is 3. The molecule has 1 rings (SSSR count). The quantitative estimate of drug-likeness (QED) is 0.731. The van der Waals surface area contributed by atoms with Crippen LogP contribution in [0.15, 0.2) is 30.5 Å². The van der Waals surface area contributed by atoms with E-state index in [0.29, 0.717) is 6.42 Å². The summed E-state index contributed by atoms with van der Waals surface area (Å²) in [6.07, 6.45) is -2.39. The molecular formula is C16H23F3N2O. The molecule has 0 aliphatic heterocycles. The van der Waals surface area contributed by atoms with Crippen molar-refractivity contribution in [3.8, 4) is 5.88 Å². The van der Waals surface area contributed by atoms with E-state index in [1.807, 2.05) is 6.92 Å². The molecule has 0 aromatic carbocycles. The summed E-state index contributed by atoms with van der Waals surface area (Å²) in [5, 5.41) is 0. The van der Waals surface area contributed by atoms with Crippen molar-refractivity contribution >= 4 is 0 Å². The van der Waals surface area contributed by atoms with Crippen LogP contribution in [0, 0.1) is 0 Å². The number of ether oxygens (including phenoxy) is 1. The lowest BCUT2D eigenvalue weighted by atomic mass is 9.91. The van der Waals surface area contributed by atoms with Crippen LogP contribution in [0.5, 0.6) is 5.88 Å². The molecule has 2 N–H and O–H groups in total. The summed E-state index contributed by atoms with van der Waals surface area (Å²) >= 11 is 0. The van der Waals surface area contributed by atoms with Crippen molar-refractivity contribution in [3.63, 3.8) is 0 Å². The number of nitrogens with zero attached hydrogens (tertiary/aromatic N) is 1. The summed E-state index contributed by atoms with van der Waals surface area (Å²) < 4.78 is 45.9. The Balaban J connectivity index is 2.82. The standard InChI is InChI=1S/C16H23F3N2O/c1-5-13(8-16(19,10(2)3)15(17)18)22-14-7-6-12(9-21-14)11(4)20/h6-7,9,11,13,15H,2,5,8,20H2,1,3-4H3. The summed E-state index contributed by atoms with van der Waals surface area (Å²) in [4.78, 5) is 4.07. The third-order valence-corrected chi connectivity index (χ3v) is 3.61. The van der Waals surface area contributed by atoms with Crippen LogP contribution in [0.3, 0.4) is 0 Å². The van der Waals surface area contributed by atoms with Gasteiger partial charge in [0, 0.05) is 24.7 Å². The Bertz CT molecular complexity index is 491. The van der Waals surface area contributed by atoms with Crippen molar-refractivity contribution in [2.45, 2.75) is 57.9 Å². The Morgan fingerprint density at radius 1 is 1.45 bits per heavy atom. The van der Waals surface area contributed by atoms with Crippen LogP contribution >= 0.6 is 0 Å². The second-order valence-corrected chi connectivity index (χ2v) is 5.51. The fourth-order valence-corrected chi connectivity index (χ4v) is 1.95. The van der Waals surface area contributed by atoms with Crippen LogP contribution in [0.1, 0.15) is 45.2 Å². The largest absolute Gasteiger partial charge is 0.474 e. The fraction of sp³-hybridized carbons (Fsp3) is 0.562. The number of hydrogen-bond donors (Lipinski definition) is 1. The Morgan fingerprint density at radius 3 is 2.45 bits per heavy atom. The van der Waals surface area contributed by atoms with Crippen LogP contribution < -0.4 is 10.5 Å². The van der Waals surface area contributed by atoms with E-state index in [1.165, 1.54) is 6.92 Å². The molecular weight excluding hydrogens is 293 g/mol. The van der Waals surface area contributed by atoms with Gasteiger partial charge in [-0.25, -0.2) is 18.2 Å². The zero-order chi connectivity index (χ0) is 16.9. The van der Waals surface area contributed by atoms with Gasteiger partial charge in [0.25, 0.3) is 6.43 Å². The molecule has 0 amide bonds. The van der Waals surface area contributed by atoms with Crippen LogP contribution in [0.4, 0.5) is 13.2 Å². The normalized spacial score (nSPS) is 16.9. The number of nitrogens with two attached hydrogens (primary N) is 1. The fourth-order valence-electron chi connectivity index (χ4n) is 1.95. The van der Waals surface area contributed by atoms with E-state index in [0.717, 1.165) is 5.56 Å². The predicted octanol–water partition coefficient (Wildman–Crippen LogP) is 4.20. The average Bonchev–Trinajstić information content (AvgIpc) is 2.46. The maximum Gasteiger partial charge on any atom is 0.276 e. The highest BCUT2D eigenvalue weighted by atomic mass is 19.3. The van der Waals surface area contributed by atoms with Crippen LogP contribution in [0.2, 0.25) is 0 Å². The number of rotatable bonds is 8. The van der Waals surface area contributed by atoms with Gasteiger partial charge in [-0.05, 0) is 31.4 Å². The van der Waals surface area contributed by atoms with Gasteiger partial charge in [-0.3, -0.25) is 0 Å². The topological polar surface area (TPSA) is 48.1 Å². The van der Waals surface area contributed by atoms with Gasteiger partial charge < -0.3 is 10.5 Å². The lowest BCUT2D eigenvalue weighted by Gasteiger charge is -2.29. The SMILES string of the molecule is C=C(C)C(F)(CC(CC)Oc1ccc(C(C)N)cn1)C(F)F. The van der Waals surface area contributed by atoms with Gasteiger partial charge in [-0.1, -0.05) is 19.6 Å². The molecule has 6 heteroatoms. The summed E-state index contributed by atoms with van der Waals surface area (Å²) in [5.74, 6) is 0.259. The zero-order valence-electron chi connectivity index (χ0n) is 13.2. The first-order valence-electron chi connectivity index (χ1n) is 7.22. The highest BCUT2D eigenvalue weighted by molar-refractivity contribution is 5.20. The Labute approximate surface area is 129 Å². The minimum absolute atomic E-state index is 0.163. The predicted molar refractivity (Wildman–Crippen MR) is 80.8 cm³/mol. The van der Waals surface area contributed by atoms with Gasteiger partial charge >= 0.3 is 0 Å². The first kappa shape index (κ1) is 18.5. The van der Waals surface area contributed by atoms with Gasteiger partial charge in [0.2, 0.25) is 5.88 Å². The molecule has 22 heavy (non-hydrogen) atoms. The maximum absolute atomic E-state index is 14.4. The van der Waals surface area contributed by atoms with E-state index < -0.39 is 24.6 Å². The monoisotopic (exact) mass is 316 g/mol. The molecule has 1 heterocycles. The van der Waals surface area contributed by atoms with E-state index in [4.69, 9.17) is 10.5 Å². The third-order valence-electron chi connectivity index (χ3n) is 3.61. The Kier molecular flexibility index (Phi) is 6.41. The first-order chi connectivity index (χ1) is 10.2. The van der Waals surface area contributed by atoms with Crippen LogP contribution in [-0.2, 0) is 0 Å². The van der Waals surface area contributed by atoms with E-state index in [2.05, 4.69) is 11.6 Å². The summed E-state index contributed by atoms with van der Waals surface area (Å²) in [6, 6.07) is 3.18. The summed E-state index contributed by atoms with van der Waals surface area (Å²) in [7, 11) is 0. The molecule has 0 bridgehead atoms. The Hall–Kier alpha value is -1.56. The maximum atomic E-state index is 14.4. The molecule has 3 atom stereocenters. The molecule has 124 valence electrons. The molecule has 1 aromatic heterocycles. The molecule has 3 unspecified atom stereocenters. The highest BCUT2D eigenvalue weighted by Gasteiger charge is 2.43. The lowest BCUT2D eigenvalue weighted by Crippen LogP contribution is -2.39. The Morgan fingerprint density at radius 2 is 2.09 bits per heavy atom. The molecule has 0 fully saturated rings. The van der Waals surface area contributed by atoms with Crippen LogP contribution in [0.25, 0.3) is 0 Å². The van der Waals surface area contributed by atoms with Crippen molar-refractivity contribution in [1.82, 2.24) is 4.98 Å². The van der Waals surface area contributed by atoms with Crippen molar-refractivity contribution < 1.29 is 17.9 Å². The van der Waals surface area contributed by atoms with Gasteiger partial charge in [-0.15, -0.1) is 0 Å². The molecule has 0 saturated carbocycles. The van der Waals surface area contributed by atoms with Gasteiger partial charge in [0.15, 0.2) is 5.67 Å². The highest BCUT2D eigenvalue weighted by Crippen LogP contribution is 2.34. The molecule has 0 aliphatic carbocycles. The smallest absolute Gasteiger partial charge is 0.276 e. The average molecular weight is 316 g/mol. The molecule has 0 saturated heterocycles. The minimum Gasteiger partial charge on any atom is -0.474 e. The summed E-state index contributed by atoms with van der Waals surface area (Å²) in [6.45, 7) is 8.15. The lowest BCUT2D eigenvalue weighted by molar-refractivity contribution is -0.0357. The van der Waals surface area contributed by atoms with Crippen molar-refractivity contribution in [2.75, 3.05) is 0 Å². The number of alkyl halides is 3. The van der Waals surface area contributed by atoms with E-state index in [1.54, 1.807) is 25.3 Å². The first-order valence-corrected chi connectivity index (χ1v) is 7.22. The molecule has 0 radical (unpaired) electrons. The van der Waals surface area contributed by atoms with Crippen molar-refractivity contribution in [1.29, 1.82) is 0 Å². The van der Waals surface area contributed by atoms with Gasteiger partial charge in [-0.2, -0.15) is 0 Å². The van der Waals surface area contributed by atoms with Crippen molar-refractivity contribution in [3.05, 3.63) is 36.0 Å². The van der Waals surface area contributed by atoms with E-state index >= 15 is 0 Å². The van der Waals surface area contributed by atoms with Crippen molar-refractivity contribution in [2.24, 2.45) is 5.73 Å². The van der Waals surface area contributed by atoms with Crippen LogP contribution in [-0.4, -0.2) is 23.2 Å². The second kappa shape index (κ2) is 7.63. The third kappa shape index (κ3) is 4.47. The number of aromatic nitrogens is 1. The summed E-state index contributed by atoms with van der Waals surface area (Å²) in [5.41, 5.74) is 3.58. The second-order valence-electron chi connectivity index (χ2n) is 5.51. The van der Waals surface area contributed by atoms with Gasteiger partial charge in [0.1, 0.15) is 6.10 Å². The minimum atomic E-state index is -3.14. The molecule has 3 nitrogen and oxygen atoms in total. The van der Waals surface area contributed by atoms with E-state index in [9.17, 15) is 13.2 Å².